The molecule has 0 radical (unpaired) electrons. The Balaban J connectivity index is 1.31. The van der Waals surface area contributed by atoms with Crippen LogP contribution in [0.4, 0.5) is 0 Å². The van der Waals surface area contributed by atoms with Crippen molar-refractivity contribution in [1.29, 1.82) is 0 Å². The van der Waals surface area contributed by atoms with Crippen LogP contribution in [0.5, 0.6) is 0 Å². The van der Waals surface area contributed by atoms with E-state index in [1.807, 2.05) is 22.9 Å². The topological polar surface area (TPSA) is 37.4 Å². The molecule has 4 rings (SSSR count). The van der Waals surface area contributed by atoms with Gasteiger partial charge >= 0.3 is 0 Å². The number of aromatic nitrogens is 2. The van der Waals surface area contributed by atoms with Crippen LogP contribution in [0.3, 0.4) is 0 Å². The van der Waals surface area contributed by atoms with E-state index in [-0.39, 0.29) is 0 Å². The first-order chi connectivity index (χ1) is 12.8. The van der Waals surface area contributed by atoms with E-state index in [9.17, 15) is 0 Å². The van der Waals surface area contributed by atoms with Crippen LogP contribution >= 0.6 is 23.6 Å². The van der Waals surface area contributed by atoms with E-state index in [0.29, 0.717) is 23.8 Å². The van der Waals surface area contributed by atoms with Gasteiger partial charge < -0.3 is 4.42 Å². The zero-order valence-electron chi connectivity index (χ0n) is 14.6. The Bertz CT molecular complexity index is 865. The lowest BCUT2D eigenvalue weighted by molar-refractivity contribution is 0.0974. The van der Waals surface area contributed by atoms with E-state index in [1.54, 1.807) is 11.3 Å². The second-order valence-corrected chi connectivity index (χ2v) is 7.72. The van der Waals surface area contributed by atoms with Gasteiger partial charge in [-0.25, -0.2) is 4.68 Å². The maximum Gasteiger partial charge on any atom is 0.288 e. The van der Waals surface area contributed by atoms with Crippen LogP contribution in [0.15, 0.2) is 51.6 Å². The molecule has 26 heavy (non-hydrogen) atoms. The Morgan fingerprint density at radius 2 is 1.77 bits per heavy atom. The predicted octanol–water partition coefficient (Wildman–Crippen LogP) is 3.63. The molecule has 2 aromatic heterocycles. The summed E-state index contributed by atoms with van der Waals surface area (Å²) in [5.74, 6) is 0.678. The van der Waals surface area contributed by atoms with E-state index in [0.717, 1.165) is 32.7 Å². The molecular weight excluding hydrogens is 364 g/mol. The molecule has 1 saturated heterocycles. The molecule has 7 heteroatoms. The van der Waals surface area contributed by atoms with Crippen molar-refractivity contribution >= 4 is 23.6 Å². The zero-order chi connectivity index (χ0) is 17.8. The molecule has 3 heterocycles. The lowest BCUT2D eigenvalue weighted by Crippen LogP contribution is -2.46. The Kier molecular flexibility index (Phi) is 5.59. The van der Waals surface area contributed by atoms with Crippen LogP contribution in [-0.4, -0.2) is 45.8 Å². The van der Waals surface area contributed by atoms with Crippen molar-refractivity contribution in [3.8, 4) is 0 Å². The first-order valence-corrected chi connectivity index (χ1v) is 10.2. The highest BCUT2D eigenvalue weighted by Gasteiger charge is 2.18. The highest BCUT2D eigenvalue weighted by Crippen LogP contribution is 2.13. The summed E-state index contributed by atoms with van der Waals surface area (Å²) in [7, 11) is 0. The molecule has 0 spiro atoms. The van der Waals surface area contributed by atoms with Crippen molar-refractivity contribution in [2.24, 2.45) is 0 Å². The molecule has 0 bridgehead atoms. The second kappa shape index (κ2) is 8.26. The van der Waals surface area contributed by atoms with Crippen LogP contribution in [0, 0.1) is 4.84 Å². The molecular formula is C19H22N4OS2. The van der Waals surface area contributed by atoms with E-state index in [4.69, 9.17) is 16.6 Å². The maximum absolute atomic E-state index is 5.68. The fraction of sp³-hybridized carbons (Fsp3) is 0.368. The van der Waals surface area contributed by atoms with Crippen molar-refractivity contribution in [2.45, 2.75) is 19.6 Å². The molecule has 3 aromatic rings. The van der Waals surface area contributed by atoms with E-state index >= 15 is 0 Å². The molecule has 0 atom stereocenters. The first-order valence-electron chi connectivity index (χ1n) is 8.83. The summed E-state index contributed by atoms with van der Waals surface area (Å²) >= 11 is 7.12. The third-order valence-corrected chi connectivity index (χ3v) is 5.66. The minimum atomic E-state index is 0.455. The monoisotopic (exact) mass is 386 g/mol. The van der Waals surface area contributed by atoms with E-state index in [1.165, 1.54) is 11.1 Å². The number of nitrogens with zero attached hydrogens (tertiary/aromatic N) is 4. The van der Waals surface area contributed by atoms with E-state index < -0.39 is 0 Å². The number of thiophene rings is 1. The largest absolute Gasteiger partial charge is 0.414 e. The predicted molar refractivity (Wildman–Crippen MR) is 106 cm³/mol. The highest BCUT2D eigenvalue weighted by atomic mass is 32.1. The minimum absolute atomic E-state index is 0.455. The molecule has 136 valence electrons. The summed E-state index contributed by atoms with van der Waals surface area (Å²) in [6.45, 7) is 5.92. The van der Waals surface area contributed by atoms with Gasteiger partial charge in [0.2, 0.25) is 5.89 Å². The molecule has 1 fully saturated rings. The summed E-state index contributed by atoms with van der Waals surface area (Å²) < 4.78 is 7.49. The molecule has 0 aliphatic carbocycles. The van der Waals surface area contributed by atoms with Gasteiger partial charge in [0, 0.05) is 32.7 Å². The molecule has 1 aliphatic heterocycles. The third kappa shape index (κ3) is 4.48. The SMILES string of the molecule is S=c1oc(Cc2ccccc2)nn1CN1CCN(Cc2ccsc2)CC1. The zero-order valence-corrected chi connectivity index (χ0v) is 16.2. The van der Waals surface area contributed by atoms with Crippen LogP contribution in [0.1, 0.15) is 17.0 Å². The molecule has 0 amide bonds. The summed E-state index contributed by atoms with van der Waals surface area (Å²) in [4.78, 5) is 5.34. The molecule has 0 saturated carbocycles. The third-order valence-electron chi connectivity index (χ3n) is 4.63. The van der Waals surface area contributed by atoms with Crippen molar-refractivity contribution in [3.05, 3.63) is 69.0 Å². The molecule has 5 nitrogen and oxygen atoms in total. The summed E-state index contributed by atoms with van der Waals surface area (Å²) in [5, 5.41) is 8.95. The summed E-state index contributed by atoms with van der Waals surface area (Å²) in [6, 6.07) is 12.4. The van der Waals surface area contributed by atoms with Crippen molar-refractivity contribution in [2.75, 3.05) is 26.2 Å². The van der Waals surface area contributed by atoms with Gasteiger partial charge in [-0.05, 0) is 40.2 Å². The second-order valence-electron chi connectivity index (χ2n) is 6.59. The highest BCUT2D eigenvalue weighted by molar-refractivity contribution is 7.71. The Hall–Kier alpha value is -1.80. The van der Waals surface area contributed by atoms with Gasteiger partial charge in [0.05, 0.1) is 13.1 Å². The smallest absolute Gasteiger partial charge is 0.288 e. The number of hydrogen-bond donors (Lipinski definition) is 0. The molecule has 1 aromatic carbocycles. The first kappa shape index (κ1) is 17.6. The summed E-state index contributed by atoms with van der Waals surface area (Å²) in [5.41, 5.74) is 2.59. The molecule has 0 N–H and O–H groups in total. The van der Waals surface area contributed by atoms with E-state index in [2.05, 4.69) is 43.9 Å². The Labute approximate surface area is 162 Å². The van der Waals surface area contributed by atoms with Crippen LogP contribution in [0.25, 0.3) is 0 Å². The standard InChI is InChI=1S/C19H22N4OS2/c25-19-23(20-18(24-19)12-16-4-2-1-3-5-16)15-22-9-7-21(8-10-22)13-17-6-11-26-14-17/h1-6,11,14H,7-10,12-13,15H2. The van der Waals surface area contributed by atoms with Crippen LogP contribution < -0.4 is 0 Å². The van der Waals surface area contributed by atoms with Gasteiger partial charge in [0.1, 0.15) is 0 Å². The Morgan fingerprint density at radius 3 is 2.50 bits per heavy atom. The van der Waals surface area contributed by atoms with Crippen molar-refractivity contribution in [1.82, 2.24) is 19.6 Å². The lowest BCUT2D eigenvalue weighted by Gasteiger charge is -2.34. The molecule has 1 aliphatic rings. The number of hydrogen-bond acceptors (Lipinski definition) is 6. The fourth-order valence-electron chi connectivity index (χ4n) is 3.20. The van der Waals surface area contributed by atoms with Gasteiger partial charge in [-0.15, -0.1) is 5.10 Å². The van der Waals surface area contributed by atoms with Gasteiger partial charge in [-0.1, -0.05) is 30.3 Å². The van der Waals surface area contributed by atoms with Gasteiger partial charge in [0.25, 0.3) is 4.84 Å². The quantitative estimate of drug-likeness (QED) is 0.605. The maximum atomic E-state index is 5.68. The van der Waals surface area contributed by atoms with Crippen molar-refractivity contribution < 1.29 is 4.42 Å². The fourth-order valence-corrected chi connectivity index (χ4v) is 4.05. The van der Waals surface area contributed by atoms with Crippen LogP contribution in [-0.2, 0) is 19.6 Å². The normalized spacial score (nSPS) is 16.2. The van der Waals surface area contributed by atoms with Gasteiger partial charge in [-0.2, -0.15) is 11.3 Å². The number of rotatable bonds is 6. The minimum Gasteiger partial charge on any atom is -0.414 e. The lowest BCUT2D eigenvalue weighted by atomic mass is 10.2. The summed E-state index contributed by atoms with van der Waals surface area (Å²) in [6.07, 6.45) is 0.673. The Morgan fingerprint density at radius 1 is 1.00 bits per heavy atom. The number of piperazine rings is 1. The molecule has 0 unspecified atom stereocenters. The average molecular weight is 387 g/mol. The van der Waals surface area contributed by atoms with Gasteiger partial charge in [0.15, 0.2) is 0 Å². The average Bonchev–Trinajstić information content (AvgIpc) is 3.28. The van der Waals surface area contributed by atoms with Gasteiger partial charge in [-0.3, -0.25) is 9.80 Å². The van der Waals surface area contributed by atoms with Crippen molar-refractivity contribution in [3.63, 3.8) is 0 Å². The van der Waals surface area contributed by atoms with Crippen LogP contribution in [0.2, 0.25) is 0 Å². The number of benzene rings is 1.